The highest BCUT2D eigenvalue weighted by Gasteiger charge is 2.06. The Hall–Kier alpha value is -3.22. The summed E-state index contributed by atoms with van der Waals surface area (Å²) in [5.41, 5.74) is 8.84. The van der Waals surface area contributed by atoms with Crippen molar-refractivity contribution >= 4 is 22.7 Å². The Labute approximate surface area is 152 Å². The van der Waals surface area contributed by atoms with Gasteiger partial charge in [0.25, 0.3) is 0 Å². The molecule has 0 fully saturated rings. The van der Waals surface area contributed by atoms with Crippen LogP contribution in [0.4, 0.5) is 5.69 Å². The minimum Gasteiger partial charge on any atom is -0.497 e. The summed E-state index contributed by atoms with van der Waals surface area (Å²) >= 11 is 0. The highest BCUT2D eigenvalue weighted by Crippen LogP contribution is 2.28. The van der Waals surface area contributed by atoms with E-state index in [4.69, 9.17) is 15.2 Å². The van der Waals surface area contributed by atoms with Crippen molar-refractivity contribution in [1.29, 1.82) is 0 Å². The Balaban J connectivity index is 1.57. The van der Waals surface area contributed by atoms with E-state index in [0.717, 1.165) is 24.0 Å². The summed E-state index contributed by atoms with van der Waals surface area (Å²) in [4.78, 5) is 8.77. The van der Waals surface area contributed by atoms with E-state index in [-0.39, 0.29) is 0 Å². The number of para-hydroxylation sites is 2. The summed E-state index contributed by atoms with van der Waals surface area (Å²) in [6, 6.07) is 13.5. The van der Waals surface area contributed by atoms with E-state index in [2.05, 4.69) is 25.9 Å². The van der Waals surface area contributed by atoms with Crippen LogP contribution in [-0.4, -0.2) is 36.3 Å². The average Bonchev–Trinajstić information content (AvgIpc) is 3.08. The highest BCUT2D eigenvalue weighted by molar-refractivity contribution is 5.94. The van der Waals surface area contributed by atoms with Crippen LogP contribution >= 0.6 is 0 Å². The molecule has 0 saturated heterocycles. The fraction of sp³-hybridized carbons (Fsp3) is 0.263. The molecule has 136 valence electrons. The molecule has 0 bridgehead atoms. The number of imidazole rings is 1. The van der Waals surface area contributed by atoms with Crippen molar-refractivity contribution in [3.8, 4) is 11.5 Å². The standard InChI is InChI=1S/C19H23N5O2/c1-25-14-8-9-18(26-2)16(12-14)23-19(20)21-10-5-11-24-13-22-15-6-3-4-7-17(15)24/h3-4,6-9,12-13H,5,10-11H2,1-2H3,(H3,20,21,23). The molecule has 0 amide bonds. The van der Waals surface area contributed by atoms with Gasteiger partial charge in [-0.25, -0.2) is 4.98 Å². The molecule has 1 aromatic heterocycles. The van der Waals surface area contributed by atoms with E-state index in [1.165, 1.54) is 0 Å². The molecular formula is C19H23N5O2. The zero-order valence-electron chi connectivity index (χ0n) is 15.0. The lowest BCUT2D eigenvalue weighted by Gasteiger charge is -2.12. The van der Waals surface area contributed by atoms with Crippen molar-refractivity contribution in [1.82, 2.24) is 9.55 Å². The van der Waals surface area contributed by atoms with Crippen LogP contribution in [0, 0.1) is 0 Å². The summed E-state index contributed by atoms with van der Waals surface area (Å²) in [7, 11) is 3.22. The molecule has 0 radical (unpaired) electrons. The first-order chi connectivity index (χ1) is 12.7. The number of nitrogens with two attached hydrogens (primary N) is 1. The molecule has 3 N–H and O–H groups in total. The summed E-state index contributed by atoms with van der Waals surface area (Å²) < 4.78 is 12.7. The molecule has 3 rings (SSSR count). The summed E-state index contributed by atoms with van der Waals surface area (Å²) in [6.45, 7) is 1.44. The summed E-state index contributed by atoms with van der Waals surface area (Å²) in [6.07, 6.45) is 2.72. The Kier molecular flexibility index (Phi) is 5.58. The van der Waals surface area contributed by atoms with Crippen LogP contribution in [0.1, 0.15) is 6.42 Å². The maximum absolute atomic E-state index is 5.99. The number of guanidine groups is 1. The fourth-order valence-electron chi connectivity index (χ4n) is 2.72. The second-order valence-electron chi connectivity index (χ2n) is 5.74. The van der Waals surface area contributed by atoms with Crippen LogP contribution in [0.25, 0.3) is 11.0 Å². The number of hydrogen-bond donors (Lipinski definition) is 2. The van der Waals surface area contributed by atoms with E-state index >= 15 is 0 Å². The number of hydrogen-bond acceptors (Lipinski definition) is 4. The third kappa shape index (κ3) is 4.05. The first-order valence-corrected chi connectivity index (χ1v) is 8.40. The predicted molar refractivity (Wildman–Crippen MR) is 104 cm³/mol. The number of aryl methyl sites for hydroxylation is 1. The van der Waals surface area contributed by atoms with Gasteiger partial charge >= 0.3 is 0 Å². The normalized spacial score (nSPS) is 11.5. The largest absolute Gasteiger partial charge is 0.497 e. The number of benzene rings is 2. The van der Waals surface area contributed by atoms with Crippen LogP contribution in [0.2, 0.25) is 0 Å². The first-order valence-electron chi connectivity index (χ1n) is 8.40. The summed E-state index contributed by atoms with van der Waals surface area (Å²) in [5.74, 6) is 1.73. The smallest absolute Gasteiger partial charge is 0.193 e. The Bertz CT molecular complexity index is 904. The number of nitrogens with zero attached hydrogens (tertiary/aromatic N) is 3. The van der Waals surface area contributed by atoms with Crippen LogP contribution < -0.4 is 20.5 Å². The van der Waals surface area contributed by atoms with E-state index in [1.54, 1.807) is 14.2 Å². The average molecular weight is 353 g/mol. The third-order valence-corrected chi connectivity index (χ3v) is 4.04. The lowest BCUT2D eigenvalue weighted by Crippen LogP contribution is -2.23. The number of methoxy groups -OCH3 is 2. The molecule has 0 atom stereocenters. The predicted octanol–water partition coefficient (Wildman–Crippen LogP) is 2.87. The van der Waals surface area contributed by atoms with Gasteiger partial charge in [-0.1, -0.05) is 12.1 Å². The molecule has 0 aliphatic carbocycles. The second-order valence-corrected chi connectivity index (χ2v) is 5.74. The molecule has 0 aliphatic heterocycles. The van der Waals surface area contributed by atoms with Gasteiger partial charge in [0, 0.05) is 19.2 Å². The van der Waals surface area contributed by atoms with Gasteiger partial charge in [0.1, 0.15) is 11.5 Å². The topological polar surface area (TPSA) is 86.7 Å². The molecule has 0 aliphatic rings. The molecule has 1 heterocycles. The van der Waals surface area contributed by atoms with Crippen molar-refractivity contribution in [3.63, 3.8) is 0 Å². The number of anilines is 1. The molecule has 0 unspecified atom stereocenters. The van der Waals surface area contributed by atoms with Crippen LogP contribution in [0.3, 0.4) is 0 Å². The van der Waals surface area contributed by atoms with Crippen molar-refractivity contribution < 1.29 is 9.47 Å². The first kappa shape index (κ1) is 17.6. The quantitative estimate of drug-likeness (QED) is 0.387. The number of aliphatic imine (C=N–C) groups is 1. The van der Waals surface area contributed by atoms with Crippen molar-refractivity contribution in [2.24, 2.45) is 10.7 Å². The van der Waals surface area contributed by atoms with Crippen molar-refractivity contribution in [2.45, 2.75) is 13.0 Å². The minimum atomic E-state index is 0.340. The maximum Gasteiger partial charge on any atom is 0.193 e. The Morgan fingerprint density at radius 2 is 2.04 bits per heavy atom. The lowest BCUT2D eigenvalue weighted by atomic mass is 10.2. The van der Waals surface area contributed by atoms with Crippen molar-refractivity contribution in [2.75, 3.05) is 26.1 Å². The Morgan fingerprint density at radius 1 is 1.19 bits per heavy atom. The monoisotopic (exact) mass is 353 g/mol. The van der Waals surface area contributed by atoms with Gasteiger partial charge in [0.2, 0.25) is 0 Å². The summed E-state index contributed by atoms with van der Waals surface area (Å²) in [5, 5.41) is 3.06. The van der Waals surface area contributed by atoms with E-state index in [9.17, 15) is 0 Å². The molecule has 3 aromatic rings. The second kappa shape index (κ2) is 8.24. The van der Waals surface area contributed by atoms with Crippen LogP contribution in [0.5, 0.6) is 11.5 Å². The molecular weight excluding hydrogens is 330 g/mol. The molecule has 2 aromatic carbocycles. The number of aromatic nitrogens is 2. The SMILES string of the molecule is COc1ccc(OC)c(NC(N)=NCCCn2cnc3ccccc32)c1. The number of rotatable bonds is 7. The van der Waals surface area contributed by atoms with Crippen LogP contribution in [-0.2, 0) is 6.54 Å². The van der Waals surface area contributed by atoms with Gasteiger partial charge < -0.3 is 25.1 Å². The van der Waals surface area contributed by atoms with Crippen LogP contribution in [0.15, 0.2) is 53.8 Å². The van der Waals surface area contributed by atoms with Gasteiger partial charge in [0.05, 0.1) is 37.3 Å². The number of fused-ring (bicyclic) bond motifs is 1. The Morgan fingerprint density at radius 3 is 2.85 bits per heavy atom. The van der Waals surface area contributed by atoms with Gasteiger partial charge in [-0.15, -0.1) is 0 Å². The van der Waals surface area contributed by atoms with E-state index < -0.39 is 0 Å². The molecule has 26 heavy (non-hydrogen) atoms. The molecule has 0 saturated carbocycles. The third-order valence-electron chi connectivity index (χ3n) is 4.04. The van der Waals surface area contributed by atoms with E-state index in [1.807, 2.05) is 42.7 Å². The van der Waals surface area contributed by atoms with Gasteiger partial charge in [0.15, 0.2) is 5.96 Å². The van der Waals surface area contributed by atoms with Gasteiger partial charge in [-0.05, 0) is 30.7 Å². The van der Waals surface area contributed by atoms with Gasteiger partial charge in [-0.2, -0.15) is 0 Å². The zero-order chi connectivity index (χ0) is 18.4. The maximum atomic E-state index is 5.99. The lowest BCUT2D eigenvalue weighted by molar-refractivity contribution is 0.405. The molecule has 7 heteroatoms. The molecule has 0 spiro atoms. The molecule has 7 nitrogen and oxygen atoms in total. The minimum absolute atomic E-state index is 0.340. The fourth-order valence-corrected chi connectivity index (χ4v) is 2.72. The number of ether oxygens (including phenoxy) is 2. The van der Waals surface area contributed by atoms with Gasteiger partial charge in [-0.3, -0.25) is 4.99 Å². The highest BCUT2D eigenvalue weighted by atomic mass is 16.5. The zero-order valence-corrected chi connectivity index (χ0v) is 15.0. The number of nitrogens with one attached hydrogen (secondary N) is 1. The van der Waals surface area contributed by atoms with E-state index in [0.29, 0.717) is 29.7 Å². The van der Waals surface area contributed by atoms with Crippen molar-refractivity contribution in [3.05, 3.63) is 48.8 Å².